The van der Waals surface area contributed by atoms with E-state index in [2.05, 4.69) is 23.6 Å². The Morgan fingerprint density at radius 1 is 1.42 bits per heavy atom. The molecule has 0 saturated heterocycles. The molecule has 104 valence electrons. The van der Waals surface area contributed by atoms with Crippen molar-refractivity contribution in [3.8, 4) is 5.75 Å². The molecule has 2 rings (SSSR count). The zero-order valence-electron chi connectivity index (χ0n) is 11.7. The summed E-state index contributed by atoms with van der Waals surface area (Å²) in [6.45, 7) is 2.32. The van der Waals surface area contributed by atoms with E-state index in [4.69, 9.17) is 4.74 Å². The number of fused-ring (bicyclic) bond motifs is 1. The van der Waals surface area contributed by atoms with E-state index in [1.165, 1.54) is 24.8 Å². The van der Waals surface area contributed by atoms with Gasteiger partial charge >= 0.3 is 0 Å². The Morgan fingerprint density at radius 3 is 3.00 bits per heavy atom. The first kappa shape index (κ1) is 13.9. The van der Waals surface area contributed by atoms with Crippen LogP contribution >= 0.6 is 0 Å². The average molecular weight is 262 g/mol. The number of unbranched alkanes of at least 4 members (excludes halogenated alkanes) is 2. The smallest absolute Gasteiger partial charge is 0.262 e. The second-order valence-corrected chi connectivity index (χ2v) is 4.93. The van der Waals surface area contributed by atoms with E-state index in [0.717, 1.165) is 17.9 Å². The molecule has 1 aromatic carbocycles. The lowest BCUT2D eigenvalue weighted by atomic mass is 9.99. The van der Waals surface area contributed by atoms with Crippen molar-refractivity contribution in [2.75, 3.05) is 19.0 Å². The zero-order chi connectivity index (χ0) is 13.7. The lowest BCUT2D eigenvalue weighted by molar-refractivity contribution is -0.118. The van der Waals surface area contributed by atoms with E-state index < -0.39 is 0 Å². The molecule has 19 heavy (non-hydrogen) atoms. The summed E-state index contributed by atoms with van der Waals surface area (Å²) in [6.07, 6.45) is 4.80. The van der Waals surface area contributed by atoms with Gasteiger partial charge in [0.1, 0.15) is 5.75 Å². The van der Waals surface area contributed by atoms with Gasteiger partial charge in [0.15, 0.2) is 6.61 Å². The minimum Gasteiger partial charge on any atom is -0.482 e. The highest BCUT2D eigenvalue weighted by Crippen LogP contribution is 2.31. The lowest BCUT2D eigenvalue weighted by Crippen LogP contribution is -2.26. The van der Waals surface area contributed by atoms with Gasteiger partial charge in [0, 0.05) is 6.04 Å². The van der Waals surface area contributed by atoms with Crippen molar-refractivity contribution in [1.29, 1.82) is 0 Å². The van der Waals surface area contributed by atoms with Crippen LogP contribution < -0.4 is 15.4 Å². The SMILES string of the molecule is CCCCCC(NC)c1ccc2c(c1)NC(=O)CO2. The molecule has 1 unspecified atom stereocenters. The van der Waals surface area contributed by atoms with Gasteiger partial charge in [-0.1, -0.05) is 32.3 Å². The summed E-state index contributed by atoms with van der Waals surface area (Å²) in [5, 5.41) is 6.20. The number of hydrogen-bond acceptors (Lipinski definition) is 3. The van der Waals surface area contributed by atoms with E-state index in [9.17, 15) is 4.79 Å². The fraction of sp³-hybridized carbons (Fsp3) is 0.533. The molecule has 0 radical (unpaired) electrons. The van der Waals surface area contributed by atoms with Gasteiger partial charge in [-0.2, -0.15) is 0 Å². The molecule has 1 aliphatic heterocycles. The van der Waals surface area contributed by atoms with Gasteiger partial charge in [0.05, 0.1) is 5.69 Å². The second kappa shape index (κ2) is 6.57. The summed E-state index contributed by atoms with van der Waals surface area (Å²) in [4.78, 5) is 11.3. The molecule has 4 heteroatoms. The highest BCUT2D eigenvalue weighted by atomic mass is 16.5. The molecule has 2 N–H and O–H groups in total. The topological polar surface area (TPSA) is 50.4 Å². The third-order valence-corrected chi connectivity index (χ3v) is 3.48. The number of rotatable bonds is 6. The van der Waals surface area contributed by atoms with Crippen molar-refractivity contribution in [2.24, 2.45) is 0 Å². The number of carbonyl (C=O) groups is 1. The second-order valence-electron chi connectivity index (χ2n) is 4.93. The van der Waals surface area contributed by atoms with E-state index in [-0.39, 0.29) is 12.5 Å². The Hall–Kier alpha value is -1.55. The first-order valence-corrected chi connectivity index (χ1v) is 6.98. The van der Waals surface area contributed by atoms with Crippen LogP contribution in [0.5, 0.6) is 5.75 Å². The van der Waals surface area contributed by atoms with Crippen molar-refractivity contribution < 1.29 is 9.53 Å². The zero-order valence-corrected chi connectivity index (χ0v) is 11.7. The summed E-state index contributed by atoms with van der Waals surface area (Å²) < 4.78 is 5.37. The van der Waals surface area contributed by atoms with Gasteiger partial charge in [0.25, 0.3) is 5.91 Å². The van der Waals surface area contributed by atoms with Gasteiger partial charge in [-0.15, -0.1) is 0 Å². The number of hydrogen-bond donors (Lipinski definition) is 2. The molecule has 1 amide bonds. The maximum absolute atomic E-state index is 11.3. The van der Waals surface area contributed by atoms with Crippen LogP contribution in [0.1, 0.15) is 44.2 Å². The molecule has 0 spiro atoms. The number of anilines is 1. The van der Waals surface area contributed by atoms with Crippen molar-refractivity contribution in [3.05, 3.63) is 23.8 Å². The maximum Gasteiger partial charge on any atom is 0.262 e. The van der Waals surface area contributed by atoms with Crippen LogP contribution in [-0.4, -0.2) is 19.6 Å². The highest BCUT2D eigenvalue weighted by molar-refractivity contribution is 5.95. The van der Waals surface area contributed by atoms with Crippen LogP contribution in [0.2, 0.25) is 0 Å². The van der Waals surface area contributed by atoms with Crippen molar-refractivity contribution in [1.82, 2.24) is 5.32 Å². The quantitative estimate of drug-likeness (QED) is 0.775. The van der Waals surface area contributed by atoms with Crippen LogP contribution in [0.3, 0.4) is 0 Å². The molecule has 1 aliphatic rings. The predicted octanol–water partition coefficient (Wildman–Crippen LogP) is 2.86. The molecule has 1 aromatic rings. The van der Waals surface area contributed by atoms with Crippen LogP contribution in [0, 0.1) is 0 Å². The van der Waals surface area contributed by atoms with Crippen molar-refractivity contribution in [2.45, 2.75) is 38.6 Å². The van der Waals surface area contributed by atoms with Crippen LogP contribution in [0.25, 0.3) is 0 Å². The molecule has 0 bridgehead atoms. The molecule has 0 fully saturated rings. The van der Waals surface area contributed by atoms with Crippen LogP contribution in [-0.2, 0) is 4.79 Å². The molecular formula is C15H22N2O2. The number of ether oxygens (including phenoxy) is 1. The summed E-state index contributed by atoms with van der Waals surface area (Å²) >= 11 is 0. The largest absolute Gasteiger partial charge is 0.482 e. The summed E-state index contributed by atoms with van der Waals surface area (Å²) in [7, 11) is 1.98. The number of carbonyl (C=O) groups excluding carboxylic acids is 1. The summed E-state index contributed by atoms with van der Waals surface area (Å²) in [5.74, 6) is 0.670. The Morgan fingerprint density at radius 2 is 2.26 bits per heavy atom. The van der Waals surface area contributed by atoms with Crippen molar-refractivity contribution >= 4 is 11.6 Å². The molecule has 0 saturated carbocycles. The molecule has 0 aromatic heterocycles. The first-order valence-electron chi connectivity index (χ1n) is 6.98. The Kier molecular flexibility index (Phi) is 4.80. The van der Waals surface area contributed by atoms with E-state index >= 15 is 0 Å². The van der Waals surface area contributed by atoms with E-state index in [0.29, 0.717) is 6.04 Å². The molecule has 1 atom stereocenters. The number of amides is 1. The number of nitrogens with one attached hydrogen (secondary N) is 2. The predicted molar refractivity (Wildman–Crippen MR) is 76.5 cm³/mol. The third kappa shape index (κ3) is 3.47. The molecular weight excluding hydrogens is 240 g/mol. The fourth-order valence-electron chi connectivity index (χ4n) is 2.39. The summed E-state index contributed by atoms with van der Waals surface area (Å²) in [5.41, 5.74) is 1.98. The number of benzene rings is 1. The lowest BCUT2D eigenvalue weighted by Gasteiger charge is -2.22. The van der Waals surface area contributed by atoms with Gasteiger partial charge < -0.3 is 15.4 Å². The van der Waals surface area contributed by atoms with E-state index in [1.807, 2.05) is 19.2 Å². The van der Waals surface area contributed by atoms with Gasteiger partial charge in [-0.3, -0.25) is 4.79 Å². The van der Waals surface area contributed by atoms with Crippen molar-refractivity contribution in [3.63, 3.8) is 0 Å². The third-order valence-electron chi connectivity index (χ3n) is 3.48. The minimum atomic E-state index is -0.0864. The first-order chi connectivity index (χ1) is 9.24. The van der Waals surface area contributed by atoms with E-state index in [1.54, 1.807) is 0 Å². The molecule has 0 aliphatic carbocycles. The van der Waals surface area contributed by atoms with Crippen LogP contribution in [0.15, 0.2) is 18.2 Å². The molecule has 1 heterocycles. The fourth-order valence-corrected chi connectivity index (χ4v) is 2.39. The van der Waals surface area contributed by atoms with Gasteiger partial charge in [-0.25, -0.2) is 0 Å². The highest BCUT2D eigenvalue weighted by Gasteiger charge is 2.18. The van der Waals surface area contributed by atoms with Gasteiger partial charge in [-0.05, 0) is 31.2 Å². The van der Waals surface area contributed by atoms with Crippen LogP contribution in [0.4, 0.5) is 5.69 Å². The Labute approximate surface area is 114 Å². The normalized spacial score (nSPS) is 15.4. The standard InChI is InChI=1S/C15H22N2O2/c1-3-4-5-6-12(16-2)11-7-8-14-13(9-11)17-15(18)10-19-14/h7-9,12,16H,3-6,10H2,1-2H3,(H,17,18). The maximum atomic E-state index is 11.3. The monoisotopic (exact) mass is 262 g/mol. The Balaban J connectivity index is 2.10. The average Bonchev–Trinajstić information content (AvgIpc) is 2.43. The minimum absolute atomic E-state index is 0.0864. The molecule has 4 nitrogen and oxygen atoms in total. The Bertz CT molecular complexity index is 446. The summed E-state index contributed by atoms with van der Waals surface area (Å²) in [6, 6.07) is 6.35. The van der Waals surface area contributed by atoms with Gasteiger partial charge in [0.2, 0.25) is 0 Å².